The van der Waals surface area contributed by atoms with E-state index in [4.69, 9.17) is 0 Å². The van der Waals surface area contributed by atoms with E-state index in [2.05, 4.69) is 30.2 Å². The number of aromatic nitrogens is 6. The molecule has 4 rings (SSSR count). The van der Waals surface area contributed by atoms with Gasteiger partial charge in [0.15, 0.2) is 5.69 Å². The standard InChI is InChI=1S/C16H19N8O.Re/c1-10-12-8-23(15-11-7-19-20-14(11)17-9-18-15)5-4-6-24(12)21-13(10)16(25)22(2)3;/h7,9H,4-6,8H2,1-3H3;/q-1;. The van der Waals surface area contributed by atoms with Crippen molar-refractivity contribution in [1.29, 1.82) is 0 Å². The van der Waals surface area contributed by atoms with E-state index in [9.17, 15) is 4.79 Å². The van der Waals surface area contributed by atoms with Gasteiger partial charge in [-0.25, -0.2) is 4.98 Å². The Morgan fingerprint density at radius 1 is 1.27 bits per heavy atom. The molecule has 0 atom stereocenters. The fraction of sp³-hybridized carbons (Fsp3) is 0.438. The molecule has 1 aliphatic heterocycles. The van der Waals surface area contributed by atoms with Gasteiger partial charge in [0.25, 0.3) is 5.91 Å². The van der Waals surface area contributed by atoms with E-state index in [1.54, 1.807) is 25.2 Å². The van der Waals surface area contributed by atoms with Gasteiger partial charge in [-0.2, -0.15) is 5.10 Å². The summed E-state index contributed by atoms with van der Waals surface area (Å²) in [5.41, 5.74) is 3.09. The van der Waals surface area contributed by atoms with Crippen LogP contribution in [0.5, 0.6) is 0 Å². The van der Waals surface area contributed by atoms with Crippen molar-refractivity contribution in [3.05, 3.63) is 29.5 Å². The summed E-state index contributed by atoms with van der Waals surface area (Å²) >= 11 is 0. The molecular formula is C16H19N8ORe-. The van der Waals surface area contributed by atoms with Crippen LogP contribution in [0.2, 0.25) is 0 Å². The summed E-state index contributed by atoms with van der Waals surface area (Å²) in [5.74, 6) is 0.753. The van der Waals surface area contributed by atoms with Gasteiger partial charge in [0.1, 0.15) is 5.82 Å². The minimum Gasteiger partial charge on any atom is -0.425 e. The SMILES string of the molecule is Cc1c(C(=O)N(C)C)nn2c1CN(c1ncnc3[n-]ncc13)CCC2.[Re]. The molecule has 1 aliphatic rings. The summed E-state index contributed by atoms with van der Waals surface area (Å²) in [6.07, 6.45) is 4.12. The molecule has 0 bridgehead atoms. The quantitative estimate of drug-likeness (QED) is 0.484. The molecule has 137 valence electrons. The van der Waals surface area contributed by atoms with Gasteiger partial charge in [-0.15, -0.1) is 0 Å². The van der Waals surface area contributed by atoms with Gasteiger partial charge >= 0.3 is 0 Å². The summed E-state index contributed by atoms with van der Waals surface area (Å²) in [5, 5.41) is 13.4. The monoisotopic (exact) mass is 526 g/mol. The van der Waals surface area contributed by atoms with Crippen LogP contribution in [0.15, 0.2) is 12.5 Å². The maximum atomic E-state index is 12.4. The number of fused-ring (bicyclic) bond motifs is 2. The van der Waals surface area contributed by atoms with E-state index in [0.29, 0.717) is 17.9 Å². The zero-order chi connectivity index (χ0) is 17.6. The van der Waals surface area contributed by atoms with E-state index >= 15 is 0 Å². The normalized spacial score (nSPS) is 13.9. The summed E-state index contributed by atoms with van der Waals surface area (Å²) in [7, 11) is 3.48. The summed E-state index contributed by atoms with van der Waals surface area (Å²) in [4.78, 5) is 24.7. The van der Waals surface area contributed by atoms with Crippen LogP contribution in [0.1, 0.15) is 28.2 Å². The number of aryl methyl sites for hydroxylation is 1. The van der Waals surface area contributed by atoms with Crippen molar-refractivity contribution < 1.29 is 25.2 Å². The molecule has 3 aromatic rings. The number of anilines is 1. The van der Waals surface area contributed by atoms with Gasteiger partial charge in [-0.3, -0.25) is 14.6 Å². The van der Waals surface area contributed by atoms with Crippen molar-refractivity contribution in [1.82, 2.24) is 34.8 Å². The van der Waals surface area contributed by atoms with Crippen LogP contribution in [0.3, 0.4) is 0 Å². The predicted molar refractivity (Wildman–Crippen MR) is 91.3 cm³/mol. The first-order valence-corrected chi connectivity index (χ1v) is 8.18. The maximum absolute atomic E-state index is 12.4. The second-order valence-electron chi connectivity index (χ2n) is 6.40. The Morgan fingerprint density at radius 3 is 2.85 bits per heavy atom. The largest absolute Gasteiger partial charge is 0.425 e. The van der Waals surface area contributed by atoms with Crippen LogP contribution in [0, 0.1) is 6.92 Å². The molecule has 1 radical (unpaired) electrons. The van der Waals surface area contributed by atoms with Crippen LogP contribution in [-0.2, 0) is 33.5 Å². The third kappa shape index (κ3) is 2.99. The smallest absolute Gasteiger partial charge is 0.274 e. The number of carbonyl (C=O) groups excluding carboxylic acids is 1. The minimum atomic E-state index is -0.0708. The average molecular weight is 526 g/mol. The van der Waals surface area contributed by atoms with Crippen molar-refractivity contribution in [2.75, 3.05) is 25.5 Å². The van der Waals surface area contributed by atoms with Crippen LogP contribution in [-0.4, -0.2) is 56.3 Å². The molecule has 0 aliphatic carbocycles. The fourth-order valence-corrected chi connectivity index (χ4v) is 3.20. The first-order valence-electron chi connectivity index (χ1n) is 8.18. The van der Waals surface area contributed by atoms with Gasteiger partial charge in [0.05, 0.1) is 12.2 Å². The van der Waals surface area contributed by atoms with Crippen molar-refractivity contribution in [3.8, 4) is 0 Å². The molecule has 0 unspecified atom stereocenters. The third-order valence-electron chi connectivity index (χ3n) is 4.55. The Bertz CT molecular complexity index is 947. The summed E-state index contributed by atoms with van der Waals surface area (Å²) in [6, 6.07) is 0. The van der Waals surface area contributed by atoms with Crippen molar-refractivity contribution in [2.45, 2.75) is 26.4 Å². The second-order valence-corrected chi connectivity index (χ2v) is 6.40. The van der Waals surface area contributed by atoms with Gasteiger partial charge in [0.2, 0.25) is 0 Å². The number of amides is 1. The van der Waals surface area contributed by atoms with E-state index in [1.807, 2.05) is 11.6 Å². The Morgan fingerprint density at radius 2 is 2.08 bits per heavy atom. The predicted octanol–water partition coefficient (Wildman–Crippen LogP) is 0.597. The molecule has 0 N–H and O–H groups in total. The number of rotatable bonds is 2. The minimum absolute atomic E-state index is 0. The van der Waals surface area contributed by atoms with E-state index in [1.165, 1.54) is 6.33 Å². The topological polar surface area (TPSA) is 94.1 Å². The van der Waals surface area contributed by atoms with Crippen LogP contribution in [0.4, 0.5) is 5.82 Å². The molecule has 0 fully saturated rings. The van der Waals surface area contributed by atoms with Gasteiger partial charge < -0.3 is 19.9 Å². The van der Waals surface area contributed by atoms with Crippen molar-refractivity contribution in [3.63, 3.8) is 0 Å². The molecular weight excluding hydrogens is 506 g/mol. The van der Waals surface area contributed by atoms with Gasteiger partial charge in [-0.05, 0) is 19.0 Å². The molecule has 0 saturated heterocycles. The number of carbonyl (C=O) groups is 1. The molecule has 26 heavy (non-hydrogen) atoms. The van der Waals surface area contributed by atoms with E-state index in [-0.39, 0.29) is 26.3 Å². The van der Waals surface area contributed by atoms with E-state index in [0.717, 1.165) is 42.0 Å². The maximum Gasteiger partial charge on any atom is 0.274 e. The number of hydrogen-bond acceptors (Lipinski definition) is 6. The molecule has 1 amide bonds. The molecule has 9 nitrogen and oxygen atoms in total. The van der Waals surface area contributed by atoms with Gasteiger partial charge in [0, 0.05) is 71.1 Å². The second kappa shape index (κ2) is 7.13. The Kier molecular flexibility index (Phi) is 5.07. The van der Waals surface area contributed by atoms with Crippen LogP contribution in [0.25, 0.3) is 11.0 Å². The summed E-state index contributed by atoms with van der Waals surface area (Å²) < 4.78 is 1.95. The molecule has 0 aromatic carbocycles. The Hall–Kier alpha value is -2.31. The molecule has 4 heterocycles. The molecule has 0 saturated carbocycles. The van der Waals surface area contributed by atoms with Crippen LogP contribution >= 0.6 is 0 Å². The summed E-state index contributed by atoms with van der Waals surface area (Å²) in [6.45, 7) is 4.22. The van der Waals surface area contributed by atoms with Crippen LogP contribution < -0.4 is 10.00 Å². The zero-order valence-electron chi connectivity index (χ0n) is 14.8. The first-order chi connectivity index (χ1) is 12.1. The third-order valence-corrected chi connectivity index (χ3v) is 4.55. The molecule has 3 aromatic heterocycles. The molecule has 0 spiro atoms. The first kappa shape index (κ1) is 18.5. The zero-order valence-corrected chi connectivity index (χ0v) is 17.6. The number of hydrogen-bond donors (Lipinski definition) is 0. The molecule has 10 heteroatoms. The Labute approximate surface area is 164 Å². The average Bonchev–Trinajstić information content (AvgIpc) is 3.12. The number of nitrogens with zero attached hydrogens (tertiary/aromatic N) is 8. The van der Waals surface area contributed by atoms with Crippen molar-refractivity contribution in [2.24, 2.45) is 0 Å². The Balaban J connectivity index is 0.00000196. The van der Waals surface area contributed by atoms with E-state index < -0.39 is 0 Å². The fourth-order valence-electron chi connectivity index (χ4n) is 3.20. The van der Waals surface area contributed by atoms with Gasteiger partial charge in [-0.1, -0.05) is 0 Å². The van der Waals surface area contributed by atoms with Crippen molar-refractivity contribution >= 4 is 22.8 Å².